The van der Waals surface area contributed by atoms with Gasteiger partial charge in [-0.25, -0.2) is 5.43 Å². The summed E-state index contributed by atoms with van der Waals surface area (Å²) in [5.74, 6) is -0.786. The highest BCUT2D eigenvalue weighted by Crippen LogP contribution is 2.23. The minimum absolute atomic E-state index is 0.207. The molecule has 20 heavy (non-hydrogen) atoms. The molecule has 5 nitrogen and oxygen atoms in total. The van der Waals surface area contributed by atoms with Gasteiger partial charge in [0.05, 0.1) is 6.21 Å². The van der Waals surface area contributed by atoms with Gasteiger partial charge in [0.2, 0.25) is 0 Å². The number of nitrogens with one attached hydrogen (secondary N) is 1. The maximum atomic E-state index is 11.7. The Labute approximate surface area is 123 Å². The van der Waals surface area contributed by atoms with Crippen LogP contribution < -0.4 is 5.43 Å². The fraction of sp³-hybridized carbons (Fsp3) is 0. The van der Waals surface area contributed by atoms with Crippen LogP contribution in [0.15, 0.2) is 52.0 Å². The predicted octanol–water partition coefficient (Wildman–Crippen LogP) is 2.62. The molecule has 102 valence electrons. The molecule has 0 radical (unpaired) electrons. The average molecular weight is 335 g/mol. The first-order valence-corrected chi connectivity index (χ1v) is 6.46. The number of hydrazone groups is 1. The van der Waals surface area contributed by atoms with Gasteiger partial charge in [-0.05, 0) is 48.0 Å². The lowest BCUT2D eigenvalue weighted by molar-refractivity contribution is 0.0955. The number of hydrogen-bond acceptors (Lipinski definition) is 4. The Morgan fingerprint density at radius 3 is 2.45 bits per heavy atom. The summed E-state index contributed by atoms with van der Waals surface area (Å²) >= 11 is 3.28. The molecule has 0 heterocycles. The van der Waals surface area contributed by atoms with E-state index in [0.29, 0.717) is 11.1 Å². The molecule has 0 saturated heterocycles. The van der Waals surface area contributed by atoms with Crippen LogP contribution in [0.3, 0.4) is 0 Å². The molecule has 0 aliphatic rings. The molecule has 0 bridgehead atoms. The molecule has 0 spiro atoms. The second-order valence-corrected chi connectivity index (χ2v) is 4.87. The molecular formula is C14H11BrN2O3. The molecule has 0 atom stereocenters. The van der Waals surface area contributed by atoms with Crippen molar-refractivity contribution >= 4 is 28.1 Å². The Morgan fingerprint density at radius 2 is 1.80 bits per heavy atom. The average Bonchev–Trinajstić information content (AvgIpc) is 2.43. The van der Waals surface area contributed by atoms with Crippen molar-refractivity contribution in [1.82, 2.24) is 5.43 Å². The third-order valence-corrected chi connectivity index (χ3v) is 3.01. The highest BCUT2D eigenvalue weighted by Gasteiger charge is 2.03. The number of nitrogens with zero attached hydrogens (tertiary/aromatic N) is 1. The van der Waals surface area contributed by atoms with Crippen LogP contribution in [0.1, 0.15) is 15.9 Å². The summed E-state index contributed by atoms with van der Waals surface area (Å²) in [5.41, 5.74) is 3.41. The molecule has 0 aliphatic carbocycles. The van der Waals surface area contributed by atoms with Gasteiger partial charge in [0.15, 0.2) is 11.5 Å². The highest BCUT2D eigenvalue weighted by atomic mass is 79.9. The minimum Gasteiger partial charge on any atom is -0.504 e. The van der Waals surface area contributed by atoms with Crippen LogP contribution in [0.4, 0.5) is 0 Å². The molecule has 0 fully saturated rings. The summed E-state index contributed by atoms with van der Waals surface area (Å²) < 4.78 is 0.886. The lowest BCUT2D eigenvalue weighted by Gasteiger charge is -2.00. The van der Waals surface area contributed by atoms with E-state index in [-0.39, 0.29) is 17.4 Å². The normalized spacial score (nSPS) is 10.7. The number of phenols is 2. The van der Waals surface area contributed by atoms with Gasteiger partial charge in [0.25, 0.3) is 5.91 Å². The Balaban J connectivity index is 2.00. The molecule has 6 heteroatoms. The zero-order chi connectivity index (χ0) is 14.5. The molecule has 1 amide bonds. The number of amides is 1. The van der Waals surface area contributed by atoms with Crippen molar-refractivity contribution in [3.63, 3.8) is 0 Å². The standard InChI is InChI=1S/C14H11BrN2O3/c15-11-4-2-10(3-5-11)14(20)17-16-8-9-1-6-12(18)13(19)7-9/h1-8,18-19H,(H,17,20). The molecule has 0 aliphatic heterocycles. The van der Waals surface area contributed by atoms with Crippen molar-refractivity contribution in [2.24, 2.45) is 5.10 Å². The number of benzene rings is 2. The number of hydrogen-bond donors (Lipinski definition) is 3. The first kappa shape index (κ1) is 14.1. The van der Waals surface area contributed by atoms with Gasteiger partial charge in [0.1, 0.15) is 0 Å². The summed E-state index contributed by atoms with van der Waals surface area (Å²) in [6.45, 7) is 0. The molecule has 2 aromatic carbocycles. The molecule has 3 N–H and O–H groups in total. The van der Waals surface area contributed by atoms with E-state index < -0.39 is 0 Å². The monoisotopic (exact) mass is 334 g/mol. The number of rotatable bonds is 3. The van der Waals surface area contributed by atoms with Gasteiger partial charge < -0.3 is 10.2 Å². The van der Waals surface area contributed by atoms with Gasteiger partial charge in [-0.1, -0.05) is 15.9 Å². The van der Waals surface area contributed by atoms with Crippen molar-refractivity contribution < 1.29 is 15.0 Å². The molecule has 0 saturated carbocycles. The molecular weight excluding hydrogens is 324 g/mol. The predicted molar refractivity (Wildman–Crippen MR) is 79.0 cm³/mol. The van der Waals surface area contributed by atoms with Crippen LogP contribution in [0, 0.1) is 0 Å². The van der Waals surface area contributed by atoms with E-state index in [2.05, 4.69) is 26.5 Å². The third kappa shape index (κ3) is 3.58. The fourth-order valence-electron chi connectivity index (χ4n) is 1.45. The highest BCUT2D eigenvalue weighted by molar-refractivity contribution is 9.10. The number of aromatic hydroxyl groups is 2. The van der Waals surface area contributed by atoms with E-state index in [9.17, 15) is 9.90 Å². The van der Waals surface area contributed by atoms with E-state index in [4.69, 9.17) is 5.11 Å². The molecule has 2 aromatic rings. The maximum absolute atomic E-state index is 11.7. The zero-order valence-corrected chi connectivity index (χ0v) is 11.8. The van der Waals surface area contributed by atoms with E-state index in [1.807, 2.05) is 0 Å². The summed E-state index contributed by atoms with van der Waals surface area (Å²) in [4.78, 5) is 11.7. The Morgan fingerprint density at radius 1 is 1.10 bits per heavy atom. The van der Waals surface area contributed by atoms with Crippen molar-refractivity contribution in [2.75, 3.05) is 0 Å². The summed E-state index contributed by atoms with van der Waals surface area (Å²) in [5, 5.41) is 22.3. The van der Waals surface area contributed by atoms with Gasteiger partial charge in [-0.2, -0.15) is 5.10 Å². The van der Waals surface area contributed by atoms with Gasteiger partial charge in [-0.15, -0.1) is 0 Å². The van der Waals surface area contributed by atoms with E-state index in [1.165, 1.54) is 18.3 Å². The summed E-state index contributed by atoms with van der Waals surface area (Å²) in [6, 6.07) is 11.1. The number of halogens is 1. The Bertz CT molecular complexity index is 654. The van der Waals surface area contributed by atoms with Gasteiger partial charge >= 0.3 is 0 Å². The topological polar surface area (TPSA) is 81.9 Å². The largest absolute Gasteiger partial charge is 0.504 e. The second-order valence-electron chi connectivity index (χ2n) is 3.95. The van der Waals surface area contributed by atoms with Crippen LogP contribution in [0.5, 0.6) is 11.5 Å². The van der Waals surface area contributed by atoms with Crippen molar-refractivity contribution in [1.29, 1.82) is 0 Å². The Hall–Kier alpha value is -2.34. The van der Waals surface area contributed by atoms with E-state index in [1.54, 1.807) is 30.3 Å². The SMILES string of the molecule is O=C(NN=Cc1ccc(O)c(O)c1)c1ccc(Br)cc1. The quantitative estimate of drug-likeness (QED) is 0.458. The fourth-order valence-corrected chi connectivity index (χ4v) is 1.72. The van der Waals surface area contributed by atoms with Crippen LogP contribution in [-0.2, 0) is 0 Å². The van der Waals surface area contributed by atoms with E-state index in [0.717, 1.165) is 4.47 Å². The molecule has 0 aromatic heterocycles. The third-order valence-electron chi connectivity index (χ3n) is 2.49. The maximum Gasteiger partial charge on any atom is 0.271 e. The molecule has 0 unspecified atom stereocenters. The Kier molecular flexibility index (Phi) is 4.37. The van der Waals surface area contributed by atoms with Gasteiger partial charge in [0, 0.05) is 10.0 Å². The molecule has 2 rings (SSSR count). The number of phenolic OH excluding ortho intramolecular Hbond substituents is 2. The number of carbonyl (C=O) groups excluding carboxylic acids is 1. The van der Waals surface area contributed by atoms with Gasteiger partial charge in [-0.3, -0.25) is 4.79 Å². The van der Waals surface area contributed by atoms with Crippen molar-refractivity contribution in [2.45, 2.75) is 0 Å². The van der Waals surface area contributed by atoms with Crippen LogP contribution in [0.2, 0.25) is 0 Å². The van der Waals surface area contributed by atoms with Crippen LogP contribution in [0.25, 0.3) is 0 Å². The smallest absolute Gasteiger partial charge is 0.271 e. The van der Waals surface area contributed by atoms with E-state index >= 15 is 0 Å². The first-order chi connectivity index (χ1) is 9.56. The second kappa shape index (κ2) is 6.21. The lowest BCUT2D eigenvalue weighted by Crippen LogP contribution is -2.17. The minimum atomic E-state index is -0.336. The van der Waals surface area contributed by atoms with Crippen molar-refractivity contribution in [3.8, 4) is 11.5 Å². The summed E-state index contributed by atoms with van der Waals surface area (Å²) in [7, 11) is 0. The van der Waals surface area contributed by atoms with Crippen LogP contribution in [-0.4, -0.2) is 22.3 Å². The first-order valence-electron chi connectivity index (χ1n) is 5.67. The summed E-state index contributed by atoms with van der Waals surface area (Å²) in [6.07, 6.45) is 1.37. The number of carbonyl (C=O) groups is 1. The van der Waals surface area contributed by atoms with Crippen LogP contribution >= 0.6 is 15.9 Å². The lowest BCUT2D eigenvalue weighted by atomic mass is 10.2. The zero-order valence-electron chi connectivity index (χ0n) is 10.2. The van der Waals surface area contributed by atoms with Crippen molar-refractivity contribution in [3.05, 3.63) is 58.1 Å².